The molecule has 23 heavy (non-hydrogen) atoms. The highest BCUT2D eigenvalue weighted by molar-refractivity contribution is 4.66. The van der Waals surface area contributed by atoms with E-state index in [0.717, 1.165) is 45.4 Å². The van der Waals surface area contributed by atoms with Crippen LogP contribution in [0.3, 0.4) is 0 Å². The highest BCUT2D eigenvalue weighted by Crippen LogP contribution is 2.08. The summed E-state index contributed by atoms with van der Waals surface area (Å²) in [5, 5.41) is 3.34. The van der Waals surface area contributed by atoms with Gasteiger partial charge in [0.25, 0.3) is 0 Å². The maximum atomic E-state index is 5.43. The number of unbranched alkanes of at least 4 members (excludes halogenated alkanes) is 5. The van der Waals surface area contributed by atoms with Crippen molar-refractivity contribution in [2.75, 3.05) is 40.3 Å². The summed E-state index contributed by atoms with van der Waals surface area (Å²) in [5.74, 6) is -0.954. The molecule has 0 spiro atoms. The van der Waals surface area contributed by atoms with Crippen molar-refractivity contribution in [1.82, 2.24) is 10.2 Å². The minimum absolute atomic E-state index is 0.721. The fourth-order valence-corrected chi connectivity index (χ4v) is 2.08. The summed E-state index contributed by atoms with van der Waals surface area (Å²) in [5.41, 5.74) is 21.6. The lowest BCUT2D eigenvalue weighted by Crippen LogP contribution is -2.57. The topological polar surface area (TPSA) is 119 Å². The van der Waals surface area contributed by atoms with Crippen molar-refractivity contribution >= 4 is 0 Å². The standard InChI is InChI=1S/C9H23N3.C8H21N3/c1-2-3-4-5-6-7-8-9(10,11)12;1-11(2)8-4-7-10-6-3-5-9/h2-8,10-12H2,1H3;10H,3-9H2,1-2H3. The fraction of sp³-hybridized carbons (Fsp3) is 1.00. The largest absolute Gasteiger partial charge is 0.330 e. The molecule has 6 nitrogen and oxygen atoms in total. The van der Waals surface area contributed by atoms with E-state index in [1.54, 1.807) is 0 Å². The molecule has 0 aromatic rings. The number of hydrogen-bond acceptors (Lipinski definition) is 6. The predicted octanol–water partition coefficient (Wildman–Crippen LogP) is 1.14. The van der Waals surface area contributed by atoms with Crippen LogP contribution >= 0.6 is 0 Å². The maximum Gasteiger partial charge on any atom is 0.115 e. The zero-order chi connectivity index (χ0) is 18.0. The van der Waals surface area contributed by atoms with E-state index < -0.39 is 5.79 Å². The highest BCUT2D eigenvalue weighted by Gasteiger charge is 2.09. The molecule has 0 unspecified atom stereocenters. The molecule has 0 saturated carbocycles. The Morgan fingerprint density at radius 1 is 0.826 bits per heavy atom. The molecule has 6 heteroatoms. The molecule has 0 radical (unpaired) electrons. The van der Waals surface area contributed by atoms with Crippen LogP contribution in [-0.4, -0.2) is 51.0 Å². The Bertz CT molecular complexity index is 216. The molecular weight excluding hydrogens is 288 g/mol. The van der Waals surface area contributed by atoms with Gasteiger partial charge < -0.3 is 33.2 Å². The van der Waals surface area contributed by atoms with Crippen LogP contribution in [0, 0.1) is 0 Å². The van der Waals surface area contributed by atoms with Gasteiger partial charge in [0, 0.05) is 0 Å². The Hall–Kier alpha value is -0.240. The lowest BCUT2D eigenvalue weighted by Gasteiger charge is -2.17. The van der Waals surface area contributed by atoms with Crippen LogP contribution in [0.15, 0.2) is 0 Å². The molecule has 0 heterocycles. The molecular formula is C17H44N6. The van der Waals surface area contributed by atoms with Gasteiger partial charge in [-0.25, -0.2) is 0 Å². The van der Waals surface area contributed by atoms with E-state index in [-0.39, 0.29) is 0 Å². The molecule has 0 aliphatic heterocycles. The van der Waals surface area contributed by atoms with Crippen molar-refractivity contribution in [2.24, 2.45) is 22.9 Å². The molecule has 0 aromatic heterocycles. The van der Waals surface area contributed by atoms with Crippen LogP contribution in [-0.2, 0) is 0 Å². The summed E-state index contributed by atoms with van der Waals surface area (Å²) < 4.78 is 0. The first-order valence-electron chi connectivity index (χ1n) is 9.25. The van der Waals surface area contributed by atoms with Gasteiger partial charge in [-0.15, -0.1) is 0 Å². The van der Waals surface area contributed by atoms with E-state index in [1.807, 2.05) is 0 Å². The van der Waals surface area contributed by atoms with Gasteiger partial charge in [0.2, 0.25) is 0 Å². The minimum atomic E-state index is -0.954. The Balaban J connectivity index is 0. The second-order valence-corrected chi connectivity index (χ2v) is 6.68. The molecule has 0 aliphatic rings. The fourth-order valence-electron chi connectivity index (χ4n) is 2.08. The van der Waals surface area contributed by atoms with E-state index in [1.165, 1.54) is 38.5 Å². The van der Waals surface area contributed by atoms with E-state index >= 15 is 0 Å². The monoisotopic (exact) mass is 332 g/mol. The zero-order valence-electron chi connectivity index (χ0n) is 15.9. The van der Waals surface area contributed by atoms with Crippen molar-refractivity contribution in [3.63, 3.8) is 0 Å². The van der Waals surface area contributed by atoms with Gasteiger partial charge in [-0.3, -0.25) is 0 Å². The summed E-state index contributed by atoms with van der Waals surface area (Å²) in [6.07, 6.45) is 10.5. The van der Waals surface area contributed by atoms with Crippen LogP contribution in [0.4, 0.5) is 0 Å². The molecule has 0 fully saturated rings. The minimum Gasteiger partial charge on any atom is -0.330 e. The molecule has 0 aromatic carbocycles. The van der Waals surface area contributed by atoms with Crippen LogP contribution in [0.2, 0.25) is 0 Å². The molecule has 0 atom stereocenters. The lowest BCUT2D eigenvalue weighted by molar-refractivity contribution is 0.394. The summed E-state index contributed by atoms with van der Waals surface area (Å²) in [6.45, 7) is 6.34. The third-order valence-electron chi connectivity index (χ3n) is 3.48. The van der Waals surface area contributed by atoms with Gasteiger partial charge in [0.15, 0.2) is 0 Å². The van der Waals surface area contributed by atoms with Crippen LogP contribution in [0.25, 0.3) is 0 Å². The zero-order valence-corrected chi connectivity index (χ0v) is 15.9. The van der Waals surface area contributed by atoms with Gasteiger partial charge in [0.1, 0.15) is 5.79 Å². The SMILES string of the molecule is CCCCCCCCC(N)(N)N.CN(C)CCCNCCCN. The van der Waals surface area contributed by atoms with Crippen molar-refractivity contribution < 1.29 is 0 Å². The average molecular weight is 333 g/mol. The molecule has 0 rings (SSSR count). The highest BCUT2D eigenvalue weighted by atomic mass is 15.1. The van der Waals surface area contributed by atoms with Crippen molar-refractivity contribution in [3.8, 4) is 0 Å². The Morgan fingerprint density at radius 3 is 1.91 bits per heavy atom. The Kier molecular flexibility index (Phi) is 19.7. The molecule has 0 bridgehead atoms. The Labute approximate surface area is 144 Å². The van der Waals surface area contributed by atoms with Gasteiger partial charge in [0.05, 0.1) is 0 Å². The number of nitrogens with two attached hydrogens (primary N) is 4. The first-order chi connectivity index (χ1) is 10.8. The number of rotatable bonds is 14. The third kappa shape index (κ3) is 30.2. The molecule has 0 aliphatic carbocycles. The van der Waals surface area contributed by atoms with E-state index in [2.05, 4.69) is 31.2 Å². The van der Waals surface area contributed by atoms with E-state index in [4.69, 9.17) is 22.9 Å². The van der Waals surface area contributed by atoms with Crippen molar-refractivity contribution in [2.45, 2.75) is 70.5 Å². The van der Waals surface area contributed by atoms with E-state index in [9.17, 15) is 0 Å². The first-order valence-corrected chi connectivity index (χ1v) is 9.25. The van der Waals surface area contributed by atoms with Gasteiger partial charge in [-0.1, -0.05) is 39.0 Å². The molecule has 0 saturated heterocycles. The van der Waals surface area contributed by atoms with Gasteiger partial charge >= 0.3 is 0 Å². The first kappa shape index (κ1) is 25.0. The van der Waals surface area contributed by atoms with E-state index in [0.29, 0.717) is 0 Å². The molecule has 142 valence electrons. The predicted molar refractivity (Wildman–Crippen MR) is 103 cm³/mol. The van der Waals surface area contributed by atoms with Crippen LogP contribution < -0.4 is 28.3 Å². The molecule has 0 amide bonds. The summed E-state index contributed by atoms with van der Waals surface area (Å²) in [7, 11) is 4.19. The molecule has 9 N–H and O–H groups in total. The summed E-state index contributed by atoms with van der Waals surface area (Å²) in [6, 6.07) is 0. The maximum absolute atomic E-state index is 5.43. The van der Waals surface area contributed by atoms with Crippen LogP contribution in [0.5, 0.6) is 0 Å². The second-order valence-electron chi connectivity index (χ2n) is 6.68. The summed E-state index contributed by atoms with van der Waals surface area (Å²) in [4.78, 5) is 2.20. The third-order valence-corrected chi connectivity index (χ3v) is 3.48. The number of nitrogens with one attached hydrogen (secondary N) is 1. The normalized spacial score (nSPS) is 11.5. The van der Waals surface area contributed by atoms with Gasteiger partial charge in [-0.05, 0) is 66.0 Å². The van der Waals surface area contributed by atoms with Gasteiger partial charge in [-0.2, -0.15) is 0 Å². The van der Waals surface area contributed by atoms with Crippen molar-refractivity contribution in [1.29, 1.82) is 0 Å². The number of hydrogen-bond donors (Lipinski definition) is 5. The quantitative estimate of drug-likeness (QED) is 0.240. The summed E-state index contributed by atoms with van der Waals surface area (Å²) >= 11 is 0. The average Bonchev–Trinajstić information content (AvgIpc) is 2.46. The number of nitrogens with zero attached hydrogens (tertiary/aromatic N) is 1. The van der Waals surface area contributed by atoms with Crippen molar-refractivity contribution in [3.05, 3.63) is 0 Å². The van der Waals surface area contributed by atoms with Crippen LogP contribution in [0.1, 0.15) is 64.7 Å². The smallest absolute Gasteiger partial charge is 0.115 e. The lowest BCUT2D eigenvalue weighted by atomic mass is 10.1. The second kappa shape index (κ2) is 18.1. The Morgan fingerprint density at radius 2 is 1.39 bits per heavy atom.